The van der Waals surface area contributed by atoms with Crippen LogP contribution in [-0.4, -0.2) is 10.2 Å². The number of hydrogen-bond acceptors (Lipinski definition) is 4. The zero-order chi connectivity index (χ0) is 12.3. The predicted molar refractivity (Wildman–Crippen MR) is 64.7 cm³/mol. The number of phenolic OH excluding ortho intramolecular Hbond substituents is 2. The molecule has 0 aliphatic heterocycles. The van der Waals surface area contributed by atoms with Crippen molar-refractivity contribution in [1.82, 2.24) is 0 Å². The second-order valence-corrected chi connectivity index (χ2v) is 3.68. The Balaban J connectivity index is 2.42. The lowest BCUT2D eigenvalue weighted by atomic mass is 10.0. The first kappa shape index (κ1) is 11.1. The topological polar surface area (TPSA) is 69.9 Å². The number of aromatic hydroxyl groups is 2. The third-order valence-electron chi connectivity index (χ3n) is 2.52. The van der Waals surface area contributed by atoms with Crippen molar-refractivity contribution in [3.8, 4) is 22.6 Å². The summed E-state index contributed by atoms with van der Waals surface area (Å²) in [5, 5.41) is 21.5. The van der Waals surface area contributed by atoms with Crippen LogP contribution in [0.2, 0.25) is 0 Å². The molecule has 0 amide bonds. The molecule has 4 heteroatoms. The Morgan fingerprint density at radius 2 is 1.59 bits per heavy atom. The van der Waals surface area contributed by atoms with Gasteiger partial charge in [-0.25, -0.2) is 0 Å². The van der Waals surface area contributed by atoms with Gasteiger partial charge in [0.1, 0.15) is 18.0 Å². The zero-order valence-electron chi connectivity index (χ0n) is 9.00. The minimum atomic E-state index is -0.0578. The van der Waals surface area contributed by atoms with Gasteiger partial charge in [0, 0.05) is 5.56 Å². The summed E-state index contributed by atoms with van der Waals surface area (Å²) in [6.45, 7) is -0.0578. The minimum absolute atomic E-state index is 0.0578. The fourth-order valence-electron chi connectivity index (χ4n) is 1.62. The molecule has 2 N–H and O–H groups in total. The first-order chi connectivity index (χ1) is 8.20. The molecule has 0 unspecified atom stereocenters. The molecular weight excluding hydrogens is 218 g/mol. The molecule has 0 aromatic heterocycles. The highest BCUT2D eigenvalue weighted by Crippen LogP contribution is 2.27. The maximum Gasteiger partial charge on any atom is 0.120 e. The Kier molecular flexibility index (Phi) is 3.05. The second-order valence-electron chi connectivity index (χ2n) is 3.68. The lowest BCUT2D eigenvalue weighted by Gasteiger charge is -2.05. The summed E-state index contributed by atoms with van der Waals surface area (Å²) < 4.78 is 0. The Bertz CT molecular complexity index is 535. The molecule has 0 aliphatic rings. The monoisotopic (exact) mass is 229 g/mol. The molecule has 0 fully saturated rings. The third-order valence-corrected chi connectivity index (χ3v) is 2.52. The van der Waals surface area contributed by atoms with Crippen LogP contribution in [0.15, 0.2) is 47.6 Å². The van der Waals surface area contributed by atoms with Crippen molar-refractivity contribution in [2.45, 2.75) is 6.54 Å². The standard InChI is InChI=1S/C13H11NO3/c15-12-4-1-9(2-5-12)10-3-6-13(16)11(7-10)8-14-17/h1-7,15-16H,8H2. The quantitative estimate of drug-likeness (QED) is 0.795. The molecule has 2 aromatic carbocycles. The van der Waals surface area contributed by atoms with Gasteiger partial charge in [0.15, 0.2) is 0 Å². The molecular formula is C13H11NO3. The van der Waals surface area contributed by atoms with Crippen molar-refractivity contribution < 1.29 is 10.2 Å². The smallest absolute Gasteiger partial charge is 0.120 e. The van der Waals surface area contributed by atoms with Crippen LogP contribution in [0, 0.1) is 4.91 Å². The van der Waals surface area contributed by atoms with E-state index in [1.165, 1.54) is 6.07 Å². The Morgan fingerprint density at radius 1 is 0.941 bits per heavy atom. The highest BCUT2D eigenvalue weighted by molar-refractivity contribution is 5.66. The van der Waals surface area contributed by atoms with Gasteiger partial charge in [0.05, 0.1) is 0 Å². The Hall–Kier alpha value is -2.36. The molecule has 0 atom stereocenters. The van der Waals surface area contributed by atoms with Crippen LogP contribution in [0.4, 0.5) is 0 Å². The summed E-state index contributed by atoms with van der Waals surface area (Å²) in [4.78, 5) is 10.2. The number of nitrogens with zero attached hydrogens (tertiary/aromatic N) is 1. The van der Waals surface area contributed by atoms with Gasteiger partial charge in [-0.2, -0.15) is 4.91 Å². The van der Waals surface area contributed by atoms with Crippen LogP contribution in [-0.2, 0) is 6.54 Å². The number of phenols is 2. The van der Waals surface area contributed by atoms with E-state index >= 15 is 0 Å². The molecule has 86 valence electrons. The van der Waals surface area contributed by atoms with E-state index < -0.39 is 0 Å². The van der Waals surface area contributed by atoms with Crippen molar-refractivity contribution in [2.75, 3.05) is 0 Å². The fraction of sp³-hybridized carbons (Fsp3) is 0.0769. The number of nitroso groups, excluding NO2 is 1. The van der Waals surface area contributed by atoms with E-state index in [0.29, 0.717) is 5.56 Å². The van der Waals surface area contributed by atoms with Gasteiger partial charge in [-0.05, 0) is 35.4 Å². The molecule has 0 radical (unpaired) electrons. The van der Waals surface area contributed by atoms with Crippen molar-refractivity contribution >= 4 is 0 Å². The van der Waals surface area contributed by atoms with Crippen LogP contribution >= 0.6 is 0 Å². The molecule has 0 aliphatic carbocycles. The van der Waals surface area contributed by atoms with E-state index in [-0.39, 0.29) is 18.0 Å². The van der Waals surface area contributed by atoms with Gasteiger partial charge in [0.25, 0.3) is 0 Å². The van der Waals surface area contributed by atoms with Gasteiger partial charge in [-0.1, -0.05) is 23.4 Å². The minimum Gasteiger partial charge on any atom is -0.508 e. The van der Waals surface area contributed by atoms with E-state index in [1.54, 1.807) is 36.4 Å². The average Bonchev–Trinajstić information content (AvgIpc) is 2.33. The SMILES string of the molecule is O=NCc1cc(-c2ccc(O)cc2)ccc1O. The van der Waals surface area contributed by atoms with Crippen molar-refractivity contribution in [3.05, 3.63) is 52.9 Å². The lowest BCUT2D eigenvalue weighted by Crippen LogP contribution is -1.85. The van der Waals surface area contributed by atoms with Gasteiger partial charge in [-0.15, -0.1) is 0 Å². The molecule has 0 bridgehead atoms. The van der Waals surface area contributed by atoms with Gasteiger partial charge in [-0.3, -0.25) is 0 Å². The van der Waals surface area contributed by atoms with Gasteiger partial charge < -0.3 is 10.2 Å². The molecule has 4 nitrogen and oxygen atoms in total. The van der Waals surface area contributed by atoms with E-state index in [9.17, 15) is 15.1 Å². The lowest BCUT2D eigenvalue weighted by molar-refractivity contribution is 0.468. The molecule has 17 heavy (non-hydrogen) atoms. The zero-order valence-corrected chi connectivity index (χ0v) is 9.00. The molecule has 2 rings (SSSR count). The molecule has 2 aromatic rings. The van der Waals surface area contributed by atoms with Crippen molar-refractivity contribution in [1.29, 1.82) is 0 Å². The van der Waals surface area contributed by atoms with Crippen LogP contribution < -0.4 is 0 Å². The summed E-state index contributed by atoms with van der Waals surface area (Å²) in [5.41, 5.74) is 2.25. The van der Waals surface area contributed by atoms with Gasteiger partial charge in [0.2, 0.25) is 0 Å². The number of benzene rings is 2. The normalized spacial score (nSPS) is 10.1. The second kappa shape index (κ2) is 4.65. The maximum atomic E-state index is 10.2. The van der Waals surface area contributed by atoms with Crippen LogP contribution in [0.3, 0.4) is 0 Å². The molecule has 0 saturated carbocycles. The number of hydrogen-bond donors (Lipinski definition) is 2. The van der Waals surface area contributed by atoms with Crippen LogP contribution in [0.25, 0.3) is 11.1 Å². The summed E-state index contributed by atoms with van der Waals surface area (Å²) >= 11 is 0. The molecule has 0 saturated heterocycles. The maximum absolute atomic E-state index is 10.2. The Labute approximate surface area is 98.1 Å². The summed E-state index contributed by atoms with van der Waals surface area (Å²) in [6.07, 6.45) is 0. The largest absolute Gasteiger partial charge is 0.508 e. The van der Waals surface area contributed by atoms with Crippen molar-refractivity contribution in [2.24, 2.45) is 5.18 Å². The highest BCUT2D eigenvalue weighted by atomic mass is 16.3. The summed E-state index contributed by atoms with van der Waals surface area (Å²) in [5.74, 6) is 0.259. The first-order valence-electron chi connectivity index (χ1n) is 5.11. The van der Waals surface area contributed by atoms with Gasteiger partial charge >= 0.3 is 0 Å². The molecule has 0 heterocycles. The summed E-state index contributed by atoms with van der Waals surface area (Å²) in [7, 11) is 0. The summed E-state index contributed by atoms with van der Waals surface area (Å²) in [6, 6.07) is 11.7. The van der Waals surface area contributed by atoms with Crippen molar-refractivity contribution in [3.63, 3.8) is 0 Å². The van der Waals surface area contributed by atoms with E-state index in [1.807, 2.05) is 0 Å². The number of rotatable bonds is 3. The first-order valence-corrected chi connectivity index (χ1v) is 5.11. The highest BCUT2D eigenvalue weighted by Gasteiger charge is 2.04. The third kappa shape index (κ3) is 2.42. The van der Waals surface area contributed by atoms with E-state index in [2.05, 4.69) is 5.18 Å². The predicted octanol–water partition coefficient (Wildman–Crippen LogP) is 3.03. The fourth-order valence-corrected chi connectivity index (χ4v) is 1.62. The van der Waals surface area contributed by atoms with E-state index in [4.69, 9.17) is 0 Å². The van der Waals surface area contributed by atoms with Crippen LogP contribution in [0.5, 0.6) is 11.5 Å². The molecule has 0 spiro atoms. The van der Waals surface area contributed by atoms with Crippen LogP contribution in [0.1, 0.15) is 5.56 Å². The van der Waals surface area contributed by atoms with E-state index in [0.717, 1.165) is 11.1 Å². The Morgan fingerprint density at radius 3 is 2.24 bits per heavy atom. The average molecular weight is 229 g/mol.